The number of aromatic nitrogens is 3. The molecule has 2 saturated heterocycles. The predicted molar refractivity (Wildman–Crippen MR) is 128 cm³/mol. The summed E-state index contributed by atoms with van der Waals surface area (Å²) >= 11 is 1.71. The average Bonchev–Trinajstić information content (AvgIpc) is 3.38. The number of piperidine rings is 1. The van der Waals surface area contributed by atoms with Crippen molar-refractivity contribution in [3.8, 4) is 0 Å². The van der Waals surface area contributed by atoms with Crippen LogP contribution in [0, 0.1) is 11.6 Å². The number of nitrogens with zero attached hydrogens (tertiary/aromatic N) is 5. The molecule has 0 spiro atoms. The zero-order valence-electron chi connectivity index (χ0n) is 19.0. The Kier molecular flexibility index (Phi) is 6.83. The van der Waals surface area contributed by atoms with Crippen LogP contribution in [0.2, 0.25) is 0 Å². The van der Waals surface area contributed by atoms with Gasteiger partial charge in [0.15, 0.2) is 0 Å². The van der Waals surface area contributed by atoms with Gasteiger partial charge in [0.2, 0.25) is 0 Å². The minimum atomic E-state index is -1.23. The molecule has 0 unspecified atom stereocenters. The summed E-state index contributed by atoms with van der Waals surface area (Å²) in [6.45, 7) is 2.87. The van der Waals surface area contributed by atoms with Crippen LogP contribution in [0.25, 0.3) is 0 Å². The van der Waals surface area contributed by atoms with Crippen LogP contribution >= 0.6 is 11.9 Å². The van der Waals surface area contributed by atoms with Gasteiger partial charge in [0.1, 0.15) is 30.5 Å². The Morgan fingerprint density at radius 3 is 2.50 bits per heavy atom. The number of anilines is 1. The van der Waals surface area contributed by atoms with Crippen LogP contribution in [-0.2, 0) is 6.54 Å². The second-order valence-corrected chi connectivity index (χ2v) is 10.4. The Morgan fingerprint density at radius 1 is 1.00 bits per heavy atom. The van der Waals surface area contributed by atoms with Gasteiger partial charge in [-0.05, 0) is 37.8 Å². The van der Waals surface area contributed by atoms with E-state index in [4.69, 9.17) is 0 Å². The number of hydrogen-bond acceptors (Lipinski definition) is 5. The number of halogens is 3. The first-order chi connectivity index (χ1) is 16.5. The Hall–Kier alpha value is -2.52. The summed E-state index contributed by atoms with van der Waals surface area (Å²) in [7, 11) is 0. The maximum absolute atomic E-state index is 15.1. The zero-order chi connectivity index (χ0) is 23.7. The lowest BCUT2D eigenvalue weighted by molar-refractivity contribution is 0.199. The van der Waals surface area contributed by atoms with Gasteiger partial charge in [-0.1, -0.05) is 42.3 Å². The number of hydrogen-bond donors (Lipinski definition) is 0. The minimum absolute atomic E-state index is 0.00365. The summed E-state index contributed by atoms with van der Waals surface area (Å²) in [4.78, 5) is 1.59. The third-order valence-corrected chi connectivity index (χ3v) is 8.40. The van der Waals surface area contributed by atoms with Gasteiger partial charge in [0, 0.05) is 36.0 Å². The lowest BCUT2D eigenvalue weighted by atomic mass is 10.0. The summed E-state index contributed by atoms with van der Waals surface area (Å²) in [6.07, 6.45) is 4.26. The molecule has 9 heteroatoms. The standard InChI is InChI=1S/C25H28F3N5S/c1-17-7-8-25(18-5-3-2-4-6-18)34-33(17)13-19-11-21(27)24(12-20(19)26)31-10-9-23(22(28)14-31)32-15-29-30-16-32/h2-6,11-12,15-17,22-23,25H,7-10,13-14H2,1H3/t17-,22-,23+,25+/m0/s1. The van der Waals surface area contributed by atoms with Crippen molar-refractivity contribution in [2.75, 3.05) is 18.0 Å². The van der Waals surface area contributed by atoms with E-state index in [1.165, 1.54) is 30.4 Å². The van der Waals surface area contributed by atoms with Crippen LogP contribution in [0.5, 0.6) is 0 Å². The van der Waals surface area contributed by atoms with Gasteiger partial charge in [-0.2, -0.15) is 0 Å². The molecule has 0 amide bonds. The fourth-order valence-corrected chi connectivity index (χ4v) is 6.25. The molecule has 3 heterocycles. The molecule has 5 nitrogen and oxygen atoms in total. The third-order valence-electron chi connectivity index (χ3n) is 6.88. The van der Waals surface area contributed by atoms with E-state index in [-0.39, 0.29) is 18.3 Å². The highest BCUT2D eigenvalue weighted by atomic mass is 32.2. The van der Waals surface area contributed by atoms with E-state index in [0.29, 0.717) is 30.3 Å². The van der Waals surface area contributed by atoms with Crippen LogP contribution in [0.1, 0.15) is 48.6 Å². The van der Waals surface area contributed by atoms with E-state index < -0.39 is 23.8 Å². The van der Waals surface area contributed by atoms with E-state index in [1.807, 2.05) is 18.2 Å². The van der Waals surface area contributed by atoms with Crippen molar-refractivity contribution in [3.05, 3.63) is 77.9 Å². The van der Waals surface area contributed by atoms with E-state index in [9.17, 15) is 4.39 Å². The second-order valence-electron chi connectivity index (χ2n) is 9.13. The highest BCUT2D eigenvalue weighted by molar-refractivity contribution is 7.97. The lowest BCUT2D eigenvalue weighted by Gasteiger charge is -2.38. The topological polar surface area (TPSA) is 37.2 Å². The number of rotatable bonds is 5. The van der Waals surface area contributed by atoms with Gasteiger partial charge < -0.3 is 9.47 Å². The maximum Gasteiger partial charge on any atom is 0.147 e. The van der Waals surface area contributed by atoms with Crippen molar-refractivity contribution >= 4 is 17.6 Å². The fourth-order valence-electron chi connectivity index (χ4n) is 4.88. The number of benzene rings is 2. The number of alkyl halides is 1. The maximum atomic E-state index is 15.1. The summed E-state index contributed by atoms with van der Waals surface area (Å²) in [6, 6.07) is 12.7. The molecule has 4 atom stereocenters. The molecule has 0 bridgehead atoms. The highest BCUT2D eigenvalue weighted by Gasteiger charge is 2.33. The van der Waals surface area contributed by atoms with Gasteiger partial charge in [-0.3, -0.25) is 0 Å². The van der Waals surface area contributed by atoms with Crippen molar-refractivity contribution in [2.45, 2.75) is 56.2 Å². The quantitative estimate of drug-likeness (QED) is 0.431. The Labute approximate surface area is 202 Å². The molecule has 1 aromatic heterocycles. The van der Waals surface area contributed by atoms with Crippen molar-refractivity contribution in [2.24, 2.45) is 0 Å². The van der Waals surface area contributed by atoms with Crippen molar-refractivity contribution < 1.29 is 13.2 Å². The summed E-state index contributed by atoms with van der Waals surface area (Å²) in [5, 5.41) is 7.78. The zero-order valence-corrected chi connectivity index (χ0v) is 19.8. The van der Waals surface area contributed by atoms with Gasteiger partial charge in [-0.15, -0.1) is 10.2 Å². The first-order valence-corrected chi connectivity index (χ1v) is 12.5. The summed E-state index contributed by atoms with van der Waals surface area (Å²) in [5.74, 6) is -0.969. The van der Waals surface area contributed by atoms with E-state index in [0.717, 1.165) is 12.8 Å². The molecule has 2 aliphatic rings. The van der Waals surface area contributed by atoms with E-state index in [2.05, 4.69) is 33.6 Å². The van der Waals surface area contributed by atoms with Crippen LogP contribution < -0.4 is 4.90 Å². The molecule has 5 rings (SSSR count). The summed E-state index contributed by atoms with van der Waals surface area (Å²) < 4.78 is 48.9. The molecular weight excluding hydrogens is 459 g/mol. The monoisotopic (exact) mass is 487 g/mol. The largest absolute Gasteiger partial charge is 0.366 e. The lowest BCUT2D eigenvalue weighted by Crippen LogP contribution is -2.43. The normalized spacial score (nSPS) is 26.1. The Bertz CT molecular complexity index is 1100. The molecule has 2 aromatic carbocycles. The van der Waals surface area contributed by atoms with Crippen LogP contribution in [0.15, 0.2) is 55.1 Å². The molecular formula is C25H28F3N5S. The molecule has 0 radical (unpaired) electrons. The van der Waals surface area contributed by atoms with Crippen LogP contribution in [0.3, 0.4) is 0 Å². The minimum Gasteiger partial charge on any atom is -0.366 e. The first-order valence-electron chi connectivity index (χ1n) is 11.7. The predicted octanol–water partition coefficient (Wildman–Crippen LogP) is 5.72. The second kappa shape index (κ2) is 10.00. The van der Waals surface area contributed by atoms with Crippen LogP contribution in [-0.4, -0.2) is 44.4 Å². The average molecular weight is 488 g/mol. The van der Waals surface area contributed by atoms with Crippen molar-refractivity contribution in [1.82, 2.24) is 19.1 Å². The van der Waals surface area contributed by atoms with Crippen molar-refractivity contribution in [1.29, 1.82) is 0 Å². The molecule has 0 saturated carbocycles. The molecule has 180 valence electrons. The first kappa shape index (κ1) is 23.2. The molecule has 0 N–H and O–H groups in total. The molecule has 0 aliphatic carbocycles. The van der Waals surface area contributed by atoms with Crippen molar-refractivity contribution in [3.63, 3.8) is 0 Å². The van der Waals surface area contributed by atoms with E-state index in [1.54, 1.807) is 21.4 Å². The van der Waals surface area contributed by atoms with Gasteiger partial charge in [0.05, 0.1) is 18.3 Å². The van der Waals surface area contributed by atoms with Crippen LogP contribution in [0.4, 0.5) is 18.9 Å². The molecule has 2 aliphatic heterocycles. The molecule has 2 fully saturated rings. The smallest absolute Gasteiger partial charge is 0.147 e. The summed E-state index contributed by atoms with van der Waals surface area (Å²) in [5.41, 5.74) is 1.69. The Balaban J connectivity index is 1.28. The van der Waals surface area contributed by atoms with Gasteiger partial charge in [-0.25, -0.2) is 17.5 Å². The molecule has 34 heavy (non-hydrogen) atoms. The van der Waals surface area contributed by atoms with Gasteiger partial charge >= 0.3 is 0 Å². The molecule has 3 aromatic rings. The SMILES string of the molecule is C[C@H]1CC[C@H](c2ccccc2)SN1Cc1cc(F)c(N2CC[C@@H](n3cnnc3)[C@@H](F)C2)cc1F. The third kappa shape index (κ3) is 4.81. The van der Waals surface area contributed by atoms with Gasteiger partial charge in [0.25, 0.3) is 0 Å². The van der Waals surface area contributed by atoms with E-state index >= 15 is 8.78 Å². The Morgan fingerprint density at radius 2 is 1.76 bits per heavy atom. The fraction of sp³-hybridized carbons (Fsp3) is 0.440. The highest BCUT2D eigenvalue weighted by Crippen LogP contribution is 2.43.